The number of fused-ring (bicyclic) bond motifs is 5. The van der Waals surface area contributed by atoms with Gasteiger partial charge in [-0.25, -0.2) is 0 Å². The second-order valence-corrected chi connectivity index (χ2v) is 10.8. The van der Waals surface area contributed by atoms with E-state index < -0.39 is 0 Å². The molecule has 0 radical (unpaired) electrons. The zero-order chi connectivity index (χ0) is 17.2. The van der Waals surface area contributed by atoms with Crippen molar-refractivity contribution in [3.05, 3.63) is 0 Å². The van der Waals surface area contributed by atoms with Crippen molar-refractivity contribution in [1.82, 2.24) is 5.32 Å². The third-order valence-electron chi connectivity index (χ3n) is 6.90. The molecule has 4 unspecified atom stereocenters. The van der Waals surface area contributed by atoms with Crippen LogP contribution in [-0.4, -0.2) is 22.6 Å². The predicted octanol–water partition coefficient (Wildman–Crippen LogP) is 7.24. The Labute approximate surface area is 161 Å². The molecule has 1 N–H and O–H groups in total. The molecule has 1 heterocycles. The SMILES string of the molecule is C1CCCCC2CC(CCCC1)SC1CCCCCCCC(CC1)N2. The van der Waals surface area contributed by atoms with E-state index in [4.69, 9.17) is 0 Å². The molecule has 25 heavy (non-hydrogen) atoms. The first kappa shape index (κ1) is 20.1. The van der Waals surface area contributed by atoms with Gasteiger partial charge >= 0.3 is 0 Å². The maximum absolute atomic E-state index is 4.19. The highest BCUT2D eigenvalue weighted by molar-refractivity contribution is 8.00. The van der Waals surface area contributed by atoms with Gasteiger partial charge in [0.05, 0.1) is 0 Å². The van der Waals surface area contributed by atoms with Gasteiger partial charge < -0.3 is 5.32 Å². The average molecular weight is 366 g/mol. The molecule has 0 spiro atoms. The lowest BCUT2D eigenvalue weighted by molar-refractivity contribution is 0.337. The van der Waals surface area contributed by atoms with Crippen molar-refractivity contribution in [2.24, 2.45) is 0 Å². The summed E-state index contributed by atoms with van der Waals surface area (Å²) < 4.78 is 0. The highest BCUT2D eigenvalue weighted by Crippen LogP contribution is 2.35. The summed E-state index contributed by atoms with van der Waals surface area (Å²) in [5.41, 5.74) is 0. The Hall–Kier alpha value is 0.310. The molecule has 2 heteroatoms. The molecule has 4 atom stereocenters. The third-order valence-corrected chi connectivity index (χ3v) is 8.57. The molecule has 3 aliphatic rings. The Kier molecular flexibility index (Phi) is 9.55. The molecule has 146 valence electrons. The molecule has 2 saturated carbocycles. The Morgan fingerprint density at radius 3 is 1.64 bits per heavy atom. The normalized spacial score (nSPS) is 37.4. The van der Waals surface area contributed by atoms with E-state index in [1.807, 2.05) is 0 Å². The van der Waals surface area contributed by atoms with Crippen molar-refractivity contribution in [3.63, 3.8) is 0 Å². The third kappa shape index (κ3) is 7.83. The van der Waals surface area contributed by atoms with E-state index in [0.717, 1.165) is 22.6 Å². The van der Waals surface area contributed by atoms with E-state index >= 15 is 0 Å². The van der Waals surface area contributed by atoms with Crippen LogP contribution >= 0.6 is 11.8 Å². The van der Waals surface area contributed by atoms with E-state index in [1.165, 1.54) is 122 Å². The molecule has 3 fully saturated rings. The molecular weight excluding hydrogens is 322 g/mol. The number of thioether (sulfide) groups is 1. The minimum absolute atomic E-state index is 0.809. The van der Waals surface area contributed by atoms with Gasteiger partial charge in [-0.3, -0.25) is 0 Å². The van der Waals surface area contributed by atoms with Crippen molar-refractivity contribution in [3.8, 4) is 0 Å². The summed E-state index contributed by atoms with van der Waals surface area (Å²) in [5.74, 6) is 0. The number of rotatable bonds is 0. The van der Waals surface area contributed by atoms with E-state index in [9.17, 15) is 0 Å². The van der Waals surface area contributed by atoms with Gasteiger partial charge in [-0.1, -0.05) is 77.0 Å². The highest BCUT2D eigenvalue weighted by Gasteiger charge is 2.26. The summed E-state index contributed by atoms with van der Waals surface area (Å²) >= 11 is 2.43. The Balaban J connectivity index is 1.67. The number of hydrogen-bond donors (Lipinski definition) is 1. The molecule has 0 amide bonds. The van der Waals surface area contributed by atoms with Gasteiger partial charge in [0.25, 0.3) is 0 Å². The molecule has 0 aromatic rings. The van der Waals surface area contributed by atoms with Gasteiger partial charge in [-0.15, -0.1) is 0 Å². The second kappa shape index (κ2) is 11.9. The summed E-state index contributed by atoms with van der Waals surface area (Å²) in [4.78, 5) is 0. The Morgan fingerprint density at radius 2 is 0.960 bits per heavy atom. The largest absolute Gasteiger partial charge is 0.311 e. The van der Waals surface area contributed by atoms with Crippen LogP contribution in [0.5, 0.6) is 0 Å². The van der Waals surface area contributed by atoms with Crippen molar-refractivity contribution in [2.75, 3.05) is 0 Å². The summed E-state index contributed by atoms with van der Waals surface area (Å²) in [6.45, 7) is 0. The maximum atomic E-state index is 4.19. The van der Waals surface area contributed by atoms with Crippen LogP contribution in [0.25, 0.3) is 0 Å². The quantitative estimate of drug-likeness (QED) is 0.485. The average Bonchev–Trinajstić information content (AvgIpc) is 2.63. The van der Waals surface area contributed by atoms with Gasteiger partial charge in [-0.05, 0) is 44.9 Å². The first-order valence-electron chi connectivity index (χ1n) is 11.8. The maximum Gasteiger partial charge on any atom is 0.00801 e. The van der Waals surface area contributed by atoms with Gasteiger partial charge in [-0.2, -0.15) is 11.8 Å². The summed E-state index contributed by atoms with van der Waals surface area (Å²) in [6, 6.07) is 1.63. The molecule has 0 aromatic heterocycles. The van der Waals surface area contributed by atoms with Gasteiger partial charge in [0, 0.05) is 22.6 Å². The highest BCUT2D eigenvalue weighted by atomic mass is 32.2. The van der Waals surface area contributed by atoms with Gasteiger partial charge in [0.15, 0.2) is 0 Å². The van der Waals surface area contributed by atoms with Crippen LogP contribution in [0.3, 0.4) is 0 Å². The summed E-state index contributed by atoms with van der Waals surface area (Å²) in [7, 11) is 0. The van der Waals surface area contributed by atoms with Crippen LogP contribution in [0.15, 0.2) is 0 Å². The molecule has 1 nitrogen and oxygen atoms in total. The number of nitrogens with one attached hydrogen (secondary N) is 1. The molecular formula is C23H43NS. The van der Waals surface area contributed by atoms with Crippen molar-refractivity contribution in [1.29, 1.82) is 0 Å². The topological polar surface area (TPSA) is 12.0 Å². The lowest BCUT2D eigenvalue weighted by atomic mass is 9.95. The first-order chi connectivity index (χ1) is 12.4. The zero-order valence-electron chi connectivity index (χ0n) is 16.7. The molecule has 0 aromatic carbocycles. The monoisotopic (exact) mass is 365 g/mol. The van der Waals surface area contributed by atoms with E-state index in [0.29, 0.717) is 0 Å². The molecule has 1 saturated heterocycles. The van der Waals surface area contributed by atoms with E-state index in [2.05, 4.69) is 17.1 Å². The molecule has 4 bridgehead atoms. The Bertz CT molecular complexity index is 315. The van der Waals surface area contributed by atoms with Crippen LogP contribution in [0.4, 0.5) is 0 Å². The van der Waals surface area contributed by atoms with Crippen LogP contribution in [0.2, 0.25) is 0 Å². The second-order valence-electron chi connectivity index (χ2n) is 9.15. The van der Waals surface area contributed by atoms with Gasteiger partial charge in [0.2, 0.25) is 0 Å². The van der Waals surface area contributed by atoms with E-state index in [-0.39, 0.29) is 0 Å². The van der Waals surface area contributed by atoms with Crippen molar-refractivity contribution >= 4 is 11.8 Å². The summed E-state index contributed by atoms with van der Waals surface area (Å²) in [5, 5.41) is 6.08. The van der Waals surface area contributed by atoms with Crippen LogP contribution in [0, 0.1) is 0 Å². The fraction of sp³-hybridized carbons (Fsp3) is 1.00. The molecule has 3 rings (SSSR count). The van der Waals surface area contributed by atoms with Crippen LogP contribution in [-0.2, 0) is 0 Å². The fourth-order valence-corrected chi connectivity index (χ4v) is 7.12. The minimum atomic E-state index is 0.809. The van der Waals surface area contributed by atoms with Gasteiger partial charge in [0.1, 0.15) is 0 Å². The van der Waals surface area contributed by atoms with E-state index in [1.54, 1.807) is 0 Å². The predicted molar refractivity (Wildman–Crippen MR) is 114 cm³/mol. The smallest absolute Gasteiger partial charge is 0.00801 e. The van der Waals surface area contributed by atoms with Crippen LogP contribution < -0.4 is 5.32 Å². The number of hydrogen-bond acceptors (Lipinski definition) is 2. The standard InChI is InChI=1S/C23H43NS/c1-2-5-10-14-21-19-23(16-12-7-3-1)25-22-15-11-8-4-6-9-13-20(24-21)17-18-22/h20-24H,1-19H2. The first-order valence-corrected chi connectivity index (χ1v) is 12.8. The Morgan fingerprint density at radius 1 is 0.440 bits per heavy atom. The zero-order valence-corrected chi connectivity index (χ0v) is 17.5. The minimum Gasteiger partial charge on any atom is -0.311 e. The lowest BCUT2D eigenvalue weighted by Crippen LogP contribution is -2.39. The molecule has 1 aliphatic heterocycles. The molecule has 2 aliphatic carbocycles. The van der Waals surface area contributed by atoms with Crippen molar-refractivity contribution in [2.45, 2.75) is 145 Å². The fourth-order valence-electron chi connectivity index (χ4n) is 5.35. The summed E-state index contributed by atoms with van der Waals surface area (Å²) in [6.07, 6.45) is 28.0. The van der Waals surface area contributed by atoms with Crippen molar-refractivity contribution < 1.29 is 0 Å². The van der Waals surface area contributed by atoms with Crippen LogP contribution in [0.1, 0.15) is 122 Å². The lowest BCUT2D eigenvalue weighted by Gasteiger charge is -2.28.